The third-order valence-corrected chi connectivity index (χ3v) is 4.54. The first kappa shape index (κ1) is 15.2. The Morgan fingerprint density at radius 1 is 1.16 bits per heavy atom. The number of H-pyrrole nitrogens is 1. The molecule has 2 heterocycles. The summed E-state index contributed by atoms with van der Waals surface area (Å²) in [5.41, 5.74) is 2.16. The van der Waals surface area contributed by atoms with Crippen molar-refractivity contribution in [3.63, 3.8) is 0 Å². The van der Waals surface area contributed by atoms with E-state index in [1.807, 2.05) is 24.3 Å². The molecule has 0 unspecified atom stereocenters. The average molecular weight is 351 g/mol. The first-order valence-corrected chi connectivity index (χ1v) is 8.00. The van der Waals surface area contributed by atoms with E-state index in [0.29, 0.717) is 22.3 Å². The molecular weight excluding hydrogens is 342 g/mol. The summed E-state index contributed by atoms with van der Waals surface area (Å²) < 4.78 is 0. The van der Waals surface area contributed by atoms with Gasteiger partial charge in [-0.15, -0.1) is 10.2 Å². The summed E-state index contributed by atoms with van der Waals surface area (Å²) in [4.78, 5) is 29.4. The molecule has 0 fully saturated rings. The van der Waals surface area contributed by atoms with Crippen LogP contribution in [0.15, 0.2) is 52.5 Å². The fraction of sp³-hybridized carbons (Fsp3) is 0. The molecule has 0 spiro atoms. The van der Waals surface area contributed by atoms with Crippen LogP contribution in [0.4, 0.5) is 5.69 Å². The Hall–Kier alpha value is -3.33. The molecule has 0 aliphatic heterocycles. The van der Waals surface area contributed by atoms with E-state index in [9.17, 15) is 14.9 Å². The highest BCUT2D eigenvalue weighted by atomic mass is 32.2. The van der Waals surface area contributed by atoms with Crippen molar-refractivity contribution < 1.29 is 9.72 Å². The van der Waals surface area contributed by atoms with Crippen molar-refractivity contribution in [2.45, 2.75) is 10.1 Å². The lowest BCUT2D eigenvalue weighted by Crippen LogP contribution is -1.95. The molecule has 0 bridgehead atoms. The van der Waals surface area contributed by atoms with Crippen LogP contribution >= 0.6 is 11.8 Å². The first-order chi connectivity index (χ1) is 12.2. The fourth-order valence-corrected chi connectivity index (χ4v) is 3.27. The summed E-state index contributed by atoms with van der Waals surface area (Å²) in [6.07, 6.45) is 0.566. The smallest absolute Gasteiger partial charge is 0.284 e. The van der Waals surface area contributed by atoms with Gasteiger partial charge in [-0.2, -0.15) is 0 Å². The van der Waals surface area contributed by atoms with Crippen molar-refractivity contribution in [2.24, 2.45) is 0 Å². The Bertz CT molecular complexity index is 1140. The second-order valence-corrected chi connectivity index (χ2v) is 6.18. The highest BCUT2D eigenvalue weighted by Gasteiger charge is 2.18. The molecule has 2 aromatic carbocycles. The van der Waals surface area contributed by atoms with Gasteiger partial charge >= 0.3 is 0 Å². The Balaban J connectivity index is 1.77. The second kappa shape index (κ2) is 5.95. The Morgan fingerprint density at radius 3 is 2.80 bits per heavy atom. The van der Waals surface area contributed by atoms with Crippen LogP contribution in [0.25, 0.3) is 22.1 Å². The van der Waals surface area contributed by atoms with Crippen molar-refractivity contribution in [1.29, 1.82) is 0 Å². The molecule has 25 heavy (non-hydrogen) atoms. The predicted octanol–water partition coefficient (Wildman–Crippen LogP) is 3.38. The van der Waals surface area contributed by atoms with E-state index in [1.165, 1.54) is 18.2 Å². The topological polar surface area (TPSA) is 115 Å². The van der Waals surface area contributed by atoms with Crippen molar-refractivity contribution in [3.8, 4) is 0 Å². The zero-order valence-corrected chi connectivity index (χ0v) is 13.4. The van der Waals surface area contributed by atoms with E-state index in [4.69, 9.17) is 0 Å². The van der Waals surface area contributed by atoms with Crippen LogP contribution in [0.3, 0.4) is 0 Å². The Kier molecular flexibility index (Phi) is 3.62. The zero-order chi connectivity index (χ0) is 17.4. The van der Waals surface area contributed by atoms with E-state index < -0.39 is 4.92 Å². The number of nitrogens with one attached hydrogen (secondary N) is 1. The standard InChI is InChI=1S/C16H9N5O3S/c22-8-9-5-6-13(12(7-9)21(23)24)25-16-18-15-14(19-20-16)10-3-1-2-4-11(10)17-15/h1-8H,(H,17,18,20). The number of nitrogens with zero attached hydrogens (tertiary/aromatic N) is 4. The summed E-state index contributed by atoms with van der Waals surface area (Å²) >= 11 is 1.02. The molecule has 2 aromatic heterocycles. The third kappa shape index (κ3) is 2.70. The van der Waals surface area contributed by atoms with Gasteiger partial charge in [0.1, 0.15) is 11.8 Å². The lowest BCUT2D eigenvalue weighted by Gasteiger charge is -2.02. The van der Waals surface area contributed by atoms with Gasteiger partial charge in [0.25, 0.3) is 5.69 Å². The minimum Gasteiger partial charge on any atom is -0.338 e. The van der Waals surface area contributed by atoms with Gasteiger partial charge in [-0.3, -0.25) is 14.9 Å². The van der Waals surface area contributed by atoms with Crippen LogP contribution in [0, 0.1) is 10.1 Å². The van der Waals surface area contributed by atoms with Crippen LogP contribution in [0.2, 0.25) is 0 Å². The maximum Gasteiger partial charge on any atom is 0.284 e. The quantitative estimate of drug-likeness (QED) is 0.340. The SMILES string of the molecule is O=Cc1ccc(Sc2nnc3c(n2)[nH]c2ccccc23)c([N+](=O)[O-])c1. The molecule has 0 radical (unpaired) electrons. The molecule has 0 aliphatic carbocycles. The Labute approximate surface area is 144 Å². The van der Waals surface area contributed by atoms with Gasteiger partial charge in [0.15, 0.2) is 5.65 Å². The molecular formula is C16H9N5O3S. The maximum atomic E-state index is 11.2. The summed E-state index contributed by atoms with van der Waals surface area (Å²) in [6.45, 7) is 0. The lowest BCUT2D eigenvalue weighted by molar-refractivity contribution is -0.387. The van der Waals surface area contributed by atoms with Crippen molar-refractivity contribution >= 4 is 45.8 Å². The van der Waals surface area contributed by atoms with E-state index in [2.05, 4.69) is 20.2 Å². The summed E-state index contributed by atoms with van der Waals surface area (Å²) in [5, 5.41) is 20.7. The number of hydrogen-bond acceptors (Lipinski definition) is 7. The number of carbonyl (C=O) groups excluding carboxylic acids is 1. The molecule has 9 heteroatoms. The monoisotopic (exact) mass is 351 g/mol. The summed E-state index contributed by atoms with van der Waals surface area (Å²) in [6, 6.07) is 11.9. The number of nitro groups is 1. The van der Waals surface area contributed by atoms with Crippen LogP contribution in [0.1, 0.15) is 10.4 Å². The van der Waals surface area contributed by atoms with Crippen molar-refractivity contribution in [1.82, 2.24) is 20.2 Å². The molecule has 122 valence electrons. The van der Waals surface area contributed by atoms with Gasteiger partial charge in [0, 0.05) is 22.5 Å². The summed E-state index contributed by atoms with van der Waals surface area (Å²) in [5.74, 6) is 0. The molecule has 4 rings (SSSR count). The summed E-state index contributed by atoms with van der Waals surface area (Å²) in [7, 11) is 0. The number of aromatic amines is 1. The number of aldehydes is 1. The molecule has 0 atom stereocenters. The van der Waals surface area contributed by atoms with Crippen LogP contribution < -0.4 is 0 Å². The molecule has 0 amide bonds. The molecule has 4 aromatic rings. The normalized spacial score (nSPS) is 11.0. The molecule has 1 N–H and O–H groups in total. The number of benzene rings is 2. The van der Waals surface area contributed by atoms with Gasteiger partial charge < -0.3 is 4.98 Å². The molecule has 0 aliphatic rings. The number of nitro benzene ring substituents is 1. The van der Waals surface area contributed by atoms with Crippen LogP contribution in [0.5, 0.6) is 0 Å². The third-order valence-electron chi connectivity index (χ3n) is 3.62. The van der Waals surface area contributed by atoms with Crippen LogP contribution in [-0.4, -0.2) is 31.4 Å². The molecule has 0 saturated carbocycles. The molecule has 0 saturated heterocycles. The minimum absolute atomic E-state index is 0.171. The Morgan fingerprint density at radius 2 is 2.00 bits per heavy atom. The fourth-order valence-electron chi connectivity index (χ4n) is 2.48. The van der Waals surface area contributed by atoms with E-state index in [0.717, 1.165) is 22.7 Å². The van der Waals surface area contributed by atoms with E-state index in [1.54, 1.807) is 0 Å². The van der Waals surface area contributed by atoms with Gasteiger partial charge in [0.2, 0.25) is 5.16 Å². The lowest BCUT2D eigenvalue weighted by atomic mass is 10.2. The largest absolute Gasteiger partial charge is 0.338 e. The van der Waals surface area contributed by atoms with Gasteiger partial charge in [0.05, 0.1) is 9.82 Å². The van der Waals surface area contributed by atoms with E-state index >= 15 is 0 Å². The highest BCUT2D eigenvalue weighted by molar-refractivity contribution is 7.99. The number of hydrogen-bond donors (Lipinski definition) is 1. The van der Waals surface area contributed by atoms with Gasteiger partial charge in [-0.25, -0.2) is 4.98 Å². The van der Waals surface area contributed by atoms with Gasteiger partial charge in [-0.05, 0) is 23.9 Å². The highest BCUT2D eigenvalue weighted by Crippen LogP contribution is 2.34. The van der Waals surface area contributed by atoms with Crippen LogP contribution in [-0.2, 0) is 0 Å². The predicted molar refractivity (Wildman–Crippen MR) is 91.8 cm³/mol. The number of rotatable bonds is 4. The van der Waals surface area contributed by atoms with Crippen molar-refractivity contribution in [2.75, 3.05) is 0 Å². The maximum absolute atomic E-state index is 11.2. The van der Waals surface area contributed by atoms with Gasteiger partial charge in [-0.1, -0.05) is 24.3 Å². The first-order valence-electron chi connectivity index (χ1n) is 7.18. The molecule has 8 nitrogen and oxygen atoms in total. The second-order valence-electron chi connectivity index (χ2n) is 5.17. The number of aromatic nitrogens is 4. The zero-order valence-electron chi connectivity index (χ0n) is 12.5. The van der Waals surface area contributed by atoms with Crippen molar-refractivity contribution in [3.05, 3.63) is 58.1 Å². The number of carbonyl (C=O) groups is 1. The minimum atomic E-state index is -0.537. The number of fused-ring (bicyclic) bond motifs is 3. The van der Waals surface area contributed by atoms with E-state index in [-0.39, 0.29) is 16.4 Å². The average Bonchev–Trinajstić information content (AvgIpc) is 2.99. The number of para-hydroxylation sites is 1.